The van der Waals surface area contributed by atoms with Crippen LogP contribution in [0.15, 0.2) is 71.6 Å². The number of nitriles is 1. The lowest BCUT2D eigenvalue weighted by Gasteiger charge is -2.25. The van der Waals surface area contributed by atoms with Gasteiger partial charge in [0.15, 0.2) is 0 Å². The van der Waals surface area contributed by atoms with Gasteiger partial charge in [-0.05, 0) is 79.4 Å². The highest BCUT2D eigenvalue weighted by Gasteiger charge is 2.29. The van der Waals surface area contributed by atoms with Crippen LogP contribution in [0.2, 0.25) is 5.02 Å². The van der Waals surface area contributed by atoms with Gasteiger partial charge < -0.3 is 10.1 Å². The Morgan fingerprint density at radius 1 is 1.11 bits per heavy atom. The number of amides is 1. The average molecular weight is 553 g/mol. The van der Waals surface area contributed by atoms with Crippen LogP contribution in [-0.2, 0) is 14.8 Å². The molecule has 1 amide bonds. The van der Waals surface area contributed by atoms with Gasteiger partial charge in [-0.15, -0.1) is 0 Å². The van der Waals surface area contributed by atoms with Crippen molar-refractivity contribution in [3.05, 3.63) is 77.3 Å². The van der Waals surface area contributed by atoms with Crippen molar-refractivity contribution in [2.75, 3.05) is 25.0 Å². The normalized spacial score (nSPS) is 15.7. The number of carbonyl (C=O) groups is 1. The molecule has 1 heterocycles. The molecule has 0 aromatic heterocycles. The van der Waals surface area contributed by atoms with E-state index < -0.39 is 10.0 Å². The van der Waals surface area contributed by atoms with Crippen LogP contribution in [0.3, 0.4) is 0 Å². The van der Waals surface area contributed by atoms with Crippen molar-refractivity contribution in [3.63, 3.8) is 0 Å². The van der Waals surface area contributed by atoms with Crippen molar-refractivity contribution in [3.8, 4) is 22.9 Å². The number of hydrogen-bond acceptors (Lipinski definition) is 6. The molecule has 2 N–H and O–H groups in total. The van der Waals surface area contributed by atoms with Gasteiger partial charge in [-0.25, -0.2) is 8.42 Å². The molecule has 1 fully saturated rings. The standard InChI is InChI=1S/C28H29ClN4O4S/c1-20(34)31-27-14-13-25(18-26(27)29)38(35,36)32-28-4-2-15-33(28)16-3-17-37-24-11-9-23(10-12-24)22-7-5-21(19-30)6-8-22/h5-14,18,28,32H,2-4,15-17H2,1H3,(H,31,34). The van der Waals surface area contributed by atoms with Crippen molar-refractivity contribution < 1.29 is 17.9 Å². The summed E-state index contributed by atoms with van der Waals surface area (Å²) in [5.41, 5.74) is 3.07. The number of likely N-dealkylation sites (tertiary alicyclic amines) is 1. The second-order valence-electron chi connectivity index (χ2n) is 9.05. The zero-order valence-electron chi connectivity index (χ0n) is 21.0. The van der Waals surface area contributed by atoms with Crippen molar-refractivity contribution >= 4 is 33.2 Å². The van der Waals surface area contributed by atoms with Crippen LogP contribution in [0, 0.1) is 11.3 Å². The summed E-state index contributed by atoms with van der Waals surface area (Å²) >= 11 is 6.17. The number of hydrogen-bond donors (Lipinski definition) is 2. The Bertz CT molecular complexity index is 1420. The number of ether oxygens (including phenoxy) is 1. The third-order valence-electron chi connectivity index (χ3n) is 6.28. The quantitative estimate of drug-likeness (QED) is 0.342. The summed E-state index contributed by atoms with van der Waals surface area (Å²) < 4.78 is 34.6. The molecule has 0 bridgehead atoms. The van der Waals surface area contributed by atoms with Crippen LogP contribution in [-0.4, -0.2) is 45.1 Å². The molecule has 4 rings (SSSR count). The van der Waals surface area contributed by atoms with E-state index in [2.05, 4.69) is 21.0 Å². The maximum atomic E-state index is 13.0. The lowest BCUT2D eigenvalue weighted by molar-refractivity contribution is -0.114. The molecule has 198 valence electrons. The topological polar surface area (TPSA) is 112 Å². The monoisotopic (exact) mass is 552 g/mol. The van der Waals surface area contributed by atoms with Gasteiger partial charge in [0.25, 0.3) is 0 Å². The highest BCUT2D eigenvalue weighted by molar-refractivity contribution is 7.89. The summed E-state index contributed by atoms with van der Waals surface area (Å²) in [6, 6.07) is 21.6. The molecule has 38 heavy (non-hydrogen) atoms. The molecule has 0 aliphatic carbocycles. The predicted molar refractivity (Wildman–Crippen MR) is 147 cm³/mol. The Morgan fingerprint density at radius 2 is 1.79 bits per heavy atom. The van der Waals surface area contributed by atoms with Gasteiger partial charge >= 0.3 is 0 Å². The molecule has 0 saturated carbocycles. The Kier molecular flexibility index (Phi) is 9.02. The molecule has 3 aromatic carbocycles. The SMILES string of the molecule is CC(=O)Nc1ccc(S(=O)(=O)NC2CCCN2CCCOc2ccc(-c3ccc(C#N)cc3)cc2)cc1Cl. The van der Waals surface area contributed by atoms with Gasteiger partial charge in [-0.1, -0.05) is 35.9 Å². The van der Waals surface area contributed by atoms with E-state index in [1.807, 2.05) is 36.4 Å². The van der Waals surface area contributed by atoms with Crippen LogP contribution in [0.5, 0.6) is 5.75 Å². The van der Waals surface area contributed by atoms with E-state index in [9.17, 15) is 13.2 Å². The van der Waals surface area contributed by atoms with Crippen LogP contribution in [0.25, 0.3) is 11.1 Å². The van der Waals surface area contributed by atoms with Gasteiger partial charge in [-0.2, -0.15) is 9.98 Å². The summed E-state index contributed by atoms with van der Waals surface area (Å²) in [7, 11) is -3.78. The lowest BCUT2D eigenvalue weighted by Crippen LogP contribution is -2.44. The van der Waals surface area contributed by atoms with Gasteiger partial charge in [0.1, 0.15) is 5.75 Å². The zero-order chi connectivity index (χ0) is 27.1. The summed E-state index contributed by atoms with van der Waals surface area (Å²) in [5, 5.41) is 11.7. The van der Waals surface area contributed by atoms with E-state index in [4.69, 9.17) is 21.6 Å². The number of nitrogens with zero attached hydrogens (tertiary/aromatic N) is 2. The van der Waals surface area contributed by atoms with Gasteiger partial charge in [-0.3, -0.25) is 9.69 Å². The lowest BCUT2D eigenvalue weighted by atomic mass is 10.0. The Hall–Kier alpha value is -3.42. The van der Waals surface area contributed by atoms with E-state index in [1.54, 1.807) is 12.1 Å². The smallest absolute Gasteiger partial charge is 0.241 e. The summed E-state index contributed by atoms with van der Waals surface area (Å²) in [4.78, 5) is 13.4. The predicted octanol–water partition coefficient (Wildman–Crippen LogP) is 5.01. The Balaban J connectivity index is 1.27. The number of halogens is 1. The van der Waals surface area contributed by atoms with Crippen LogP contribution in [0.4, 0.5) is 5.69 Å². The third-order valence-corrected chi connectivity index (χ3v) is 8.05. The highest BCUT2D eigenvalue weighted by Crippen LogP contribution is 2.27. The van der Waals surface area contributed by atoms with E-state index in [0.717, 1.165) is 36.3 Å². The van der Waals surface area contributed by atoms with Gasteiger partial charge in [0.05, 0.1) is 40.0 Å². The second kappa shape index (κ2) is 12.4. The van der Waals surface area contributed by atoms with Crippen LogP contribution < -0.4 is 14.8 Å². The maximum absolute atomic E-state index is 13.0. The van der Waals surface area contributed by atoms with Crippen LogP contribution >= 0.6 is 11.6 Å². The first-order valence-corrected chi connectivity index (χ1v) is 14.2. The van der Waals surface area contributed by atoms with Crippen LogP contribution in [0.1, 0.15) is 31.7 Å². The summed E-state index contributed by atoms with van der Waals surface area (Å²) in [6.07, 6.45) is 2.05. The molecule has 10 heteroatoms. The molecule has 1 atom stereocenters. The number of sulfonamides is 1. The van der Waals surface area contributed by atoms with Crippen molar-refractivity contribution in [1.29, 1.82) is 5.26 Å². The van der Waals surface area contributed by atoms with Crippen molar-refractivity contribution in [1.82, 2.24) is 9.62 Å². The minimum absolute atomic E-state index is 0.0521. The molecular formula is C28H29ClN4O4S. The number of anilines is 1. The number of nitrogens with one attached hydrogen (secondary N) is 2. The van der Waals surface area contributed by atoms with Crippen molar-refractivity contribution in [2.45, 2.75) is 37.2 Å². The maximum Gasteiger partial charge on any atom is 0.241 e. The molecule has 1 aliphatic rings. The van der Waals surface area contributed by atoms with Gasteiger partial charge in [0.2, 0.25) is 15.9 Å². The number of carbonyl (C=O) groups excluding carboxylic acids is 1. The average Bonchev–Trinajstić information content (AvgIpc) is 3.34. The summed E-state index contributed by atoms with van der Waals surface area (Å²) in [5.74, 6) is 0.479. The van der Waals surface area contributed by atoms with Crippen molar-refractivity contribution in [2.24, 2.45) is 0 Å². The molecule has 1 unspecified atom stereocenters. The Morgan fingerprint density at radius 3 is 2.42 bits per heavy atom. The molecule has 0 spiro atoms. The van der Waals surface area contributed by atoms with E-state index in [-0.39, 0.29) is 22.0 Å². The first kappa shape index (κ1) is 27.6. The molecule has 0 radical (unpaired) electrons. The van der Waals surface area contributed by atoms with E-state index >= 15 is 0 Å². The number of benzene rings is 3. The molecule has 1 saturated heterocycles. The fraction of sp³-hybridized carbons (Fsp3) is 0.286. The van der Waals surface area contributed by atoms with E-state index in [0.29, 0.717) is 30.8 Å². The first-order chi connectivity index (χ1) is 18.2. The first-order valence-electron chi connectivity index (χ1n) is 12.3. The van der Waals surface area contributed by atoms with E-state index in [1.165, 1.54) is 25.1 Å². The summed E-state index contributed by atoms with van der Waals surface area (Å²) in [6.45, 7) is 3.36. The molecular weight excluding hydrogens is 524 g/mol. The molecule has 3 aromatic rings. The largest absolute Gasteiger partial charge is 0.494 e. The van der Waals surface area contributed by atoms with Gasteiger partial charge in [0, 0.05) is 13.5 Å². The minimum Gasteiger partial charge on any atom is -0.494 e. The highest BCUT2D eigenvalue weighted by atomic mass is 35.5. The Labute approximate surface area is 228 Å². The number of rotatable bonds is 10. The molecule has 8 nitrogen and oxygen atoms in total. The zero-order valence-corrected chi connectivity index (χ0v) is 22.6. The second-order valence-corrected chi connectivity index (χ2v) is 11.2. The fourth-order valence-electron chi connectivity index (χ4n) is 4.37. The fourth-order valence-corrected chi connectivity index (χ4v) is 5.94. The third kappa shape index (κ3) is 7.11. The molecule has 1 aliphatic heterocycles. The minimum atomic E-state index is -3.78.